The summed E-state index contributed by atoms with van der Waals surface area (Å²) >= 11 is 0. The van der Waals surface area contributed by atoms with Crippen LogP contribution in [0.25, 0.3) is 0 Å². The van der Waals surface area contributed by atoms with Crippen molar-refractivity contribution < 1.29 is 9.78 Å². The van der Waals surface area contributed by atoms with Crippen LogP contribution in [-0.4, -0.2) is 6.61 Å². The van der Waals surface area contributed by atoms with E-state index in [2.05, 4.69) is 13.0 Å². The largest absolute Gasteiger partial charge is 0.237 e. The Bertz CT molecular complexity index is 233. The van der Waals surface area contributed by atoms with Gasteiger partial charge in [-0.1, -0.05) is 24.3 Å². The van der Waals surface area contributed by atoms with Crippen LogP contribution in [0.15, 0.2) is 24.3 Å². The highest BCUT2D eigenvalue weighted by atomic mass is 17.2. The maximum atomic E-state index is 4.95. The second-order valence-corrected chi connectivity index (χ2v) is 2.60. The Morgan fingerprint density at radius 3 is 2.58 bits per heavy atom. The molecule has 1 rings (SSSR count). The highest BCUT2D eigenvalue weighted by Gasteiger charge is 1.95. The van der Waals surface area contributed by atoms with Crippen molar-refractivity contribution in [3.8, 4) is 0 Å². The maximum Gasteiger partial charge on any atom is 0.108 e. The first kappa shape index (κ1) is 9.23. The monoisotopic (exact) mass is 166 g/mol. The minimum atomic E-state index is 0.528. The molecule has 0 radical (unpaired) electrons. The van der Waals surface area contributed by atoms with E-state index >= 15 is 0 Å². The summed E-state index contributed by atoms with van der Waals surface area (Å²) in [5.74, 6) is 0. The average Bonchev–Trinajstić information content (AvgIpc) is 2.09. The summed E-state index contributed by atoms with van der Waals surface area (Å²) in [4.78, 5) is 9.74. The van der Waals surface area contributed by atoms with Crippen molar-refractivity contribution >= 4 is 0 Å². The number of hydrogen-bond acceptors (Lipinski definition) is 2. The number of aryl methyl sites for hydroxylation is 1. The summed E-state index contributed by atoms with van der Waals surface area (Å²) in [5.41, 5.74) is 2.41. The molecular formula is C10H14O2. The van der Waals surface area contributed by atoms with Crippen LogP contribution in [0.3, 0.4) is 0 Å². The van der Waals surface area contributed by atoms with Gasteiger partial charge in [-0.15, -0.1) is 0 Å². The first-order chi connectivity index (χ1) is 5.84. The molecule has 0 aliphatic carbocycles. The minimum Gasteiger partial charge on any atom is -0.237 e. The van der Waals surface area contributed by atoms with Crippen LogP contribution in [0.1, 0.15) is 18.1 Å². The SMILES string of the molecule is CCOOCc1ccccc1C. The maximum absolute atomic E-state index is 4.95. The fourth-order valence-corrected chi connectivity index (χ4v) is 0.961. The second kappa shape index (κ2) is 4.91. The van der Waals surface area contributed by atoms with Crippen LogP contribution in [0, 0.1) is 6.92 Å². The quantitative estimate of drug-likeness (QED) is 0.388. The third-order valence-electron chi connectivity index (χ3n) is 1.68. The van der Waals surface area contributed by atoms with E-state index in [0.717, 1.165) is 0 Å². The molecular weight excluding hydrogens is 152 g/mol. The van der Waals surface area contributed by atoms with E-state index in [1.54, 1.807) is 0 Å². The van der Waals surface area contributed by atoms with Crippen molar-refractivity contribution in [2.24, 2.45) is 0 Å². The summed E-state index contributed by atoms with van der Waals surface area (Å²) in [6.45, 7) is 5.08. The van der Waals surface area contributed by atoms with Crippen molar-refractivity contribution in [1.29, 1.82) is 0 Å². The Morgan fingerprint density at radius 2 is 1.92 bits per heavy atom. The molecule has 2 nitrogen and oxygen atoms in total. The van der Waals surface area contributed by atoms with Crippen LogP contribution in [-0.2, 0) is 16.4 Å². The number of benzene rings is 1. The zero-order chi connectivity index (χ0) is 8.81. The zero-order valence-electron chi connectivity index (χ0n) is 7.54. The molecule has 12 heavy (non-hydrogen) atoms. The van der Waals surface area contributed by atoms with Crippen molar-refractivity contribution in [3.05, 3.63) is 35.4 Å². The molecule has 0 fully saturated rings. The highest BCUT2D eigenvalue weighted by molar-refractivity contribution is 5.24. The first-order valence-electron chi connectivity index (χ1n) is 4.13. The molecule has 0 bridgehead atoms. The Kier molecular flexibility index (Phi) is 3.77. The predicted molar refractivity (Wildman–Crippen MR) is 47.6 cm³/mol. The molecule has 0 saturated heterocycles. The van der Waals surface area contributed by atoms with Crippen LogP contribution in [0.4, 0.5) is 0 Å². The van der Waals surface area contributed by atoms with E-state index in [0.29, 0.717) is 13.2 Å². The van der Waals surface area contributed by atoms with Crippen LogP contribution in [0.2, 0.25) is 0 Å². The highest BCUT2D eigenvalue weighted by Crippen LogP contribution is 2.07. The van der Waals surface area contributed by atoms with Crippen LogP contribution < -0.4 is 0 Å². The molecule has 0 spiro atoms. The lowest BCUT2D eigenvalue weighted by Crippen LogP contribution is -1.96. The Morgan fingerprint density at radius 1 is 1.17 bits per heavy atom. The van der Waals surface area contributed by atoms with Gasteiger partial charge in [-0.3, -0.25) is 0 Å². The molecule has 66 valence electrons. The van der Waals surface area contributed by atoms with Gasteiger partial charge in [-0.2, -0.15) is 0 Å². The van der Waals surface area contributed by atoms with Gasteiger partial charge in [0, 0.05) is 0 Å². The lowest BCUT2D eigenvalue weighted by Gasteiger charge is -2.04. The fraction of sp³-hybridized carbons (Fsp3) is 0.400. The van der Waals surface area contributed by atoms with Gasteiger partial charge >= 0.3 is 0 Å². The average molecular weight is 166 g/mol. The lowest BCUT2D eigenvalue weighted by molar-refractivity contribution is -0.300. The summed E-state index contributed by atoms with van der Waals surface area (Å²) in [7, 11) is 0. The van der Waals surface area contributed by atoms with E-state index in [1.807, 2.05) is 25.1 Å². The molecule has 0 atom stereocenters. The van der Waals surface area contributed by atoms with Crippen molar-refractivity contribution in [2.45, 2.75) is 20.5 Å². The third-order valence-corrected chi connectivity index (χ3v) is 1.68. The van der Waals surface area contributed by atoms with E-state index in [1.165, 1.54) is 11.1 Å². The Balaban J connectivity index is 2.46. The van der Waals surface area contributed by atoms with Gasteiger partial charge in [0.1, 0.15) is 6.61 Å². The molecule has 0 unspecified atom stereocenters. The van der Waals surface area contributed by atoms with E-state index < -0.39 is 0 Å². The summed E-state index contributed by atoms with van der Waals surface area (Å²) in [6.07, 6.45) is 0. The smallest absolute Gasteiger partial charge is 0.108 e. The molecule has 0 aromatic heterocycles. The summed E-state index contributed by atoms with van der Waals surface area (Å²) < 4.78 is 0. The van der Waals surface area contributed by atoms with Gasteiger partial charge in [0.05, 0.1) is 6.61 Å². The molecule has 0 N–H and O–H groups in total. The molecule has 0 amide bonds. The van der Waals surface area contributed by atoms with Gasteiger partial charge in [0.15, 0.2) is 0 Å². The van der Waals surface area contributed by atoms with E-state index in [-0.39, 0.29) is 0 Å². The third kappa shape index (κ3) is 2.64. The fourth-order valence-electron chi connectivity index (χ4n) is 0.961. The van der Waals surface area contributed by atoms with Crippen molar-refractivity contribution in [3.63, 3.8) is 0 Å². The number of rotatable bonds is 4. The molecule has 1 aromatic rings. The van der Waals surface area contributed by atoms with Crippen LogP contribution >= 0.6 is 0 Å². The lowest BCUT2D eigenvalue weighted by atomic mass is 10.1. The minimum absolute atomic E-state index is 0.528. The second-order valence-electron chi connectivity index (χ2n) is 2.60. The molecule has 2 heteroatoms. The molecule has 0 heterocycles. The zero-order valence-corrected chi connectivity index (χ0v) is 7.54. The summed E-state index contributed by atoms with van der Waals surface area (Å²) in [5, 5.41) is 0. The van der Waals surface area contributed by atoms with Gasteiger partial charge < -0.3 is 0 Å². The van der Waals surface area contributed by atoms with E-state index in [9.17, 15) is 0 Å². The topological polar surface area (TPSA) is 18.5 Å². The standard InChI is InChI=1S/C10H14O2/c1-3-11-12-8-10-7-5-4-6-9(10)2/h4-7H,3,8H2,1-2H3. The molecule has 0 aliphatic heterocycles. The predicted octanol–water partition coefficient (Wildman–Crippen LogP) is 2.46. The summed E-state index contributed by atoms with van der Waals surface area (Å²) in [6, 6.07) is 8.11. The molecule has 0 aliphatic rings. The first-order valence-corrected chi connectivity index (χ1v) is 4.13. The van der Waals surface area contributed by atoms with Crippen molar-refractivity contribution in [1.82, 2.24) is 0 Å². The van der Waals surface area contributed by atoms with Gasteiger partial charge in [-0.05, 0) is 25.0 Å². The van der Waals surface area contributed by atoms with Gasteiger partial charge in [0.25, 0.3) is 0 Å². The number of hydrogen-bond donors (Lipinski definition) is 0. The van der Waals surface area contributed by atoms with Gasteiger partial charge in [-0.25, -0.2) is 9.78 Å². The molecule has 0 saturated carbocycles. The van der Waals surface area contributed by atoms with Crippen molar-refractivity contribution in [2.75, 3.05) is 6.61 Å². The van der Waals surface area contributed by atoms with Gasteiger partial charge in [0.2, 0.25) is 0 Å². The normalized spacial score (nSPS) is 10.2. The van der Waals surface area contributed by atoms with Crippen LogP contribution in [0.5, 0.6) is 0 Å². The molecule has 1 aromatic carbocycles. The van der Waals surface area contributed by atoms with E-state index in [4.69, 9.17) is 9.78 Å². The Hall–Kier alpha value is -0.860. The Labute approximate surface area is 73.0 Å².